The Morgan fingerprint density at radius 3 is 2.95 bits per heavy atom. The van der Waals surface area contributed by atoms with Crippen LogP contribution in [-0.4, -0.2) is 28.5 Å². The summed E-state index contributed by atoms with van der Waals surface area (Å²) in [6.45, 7) is 4.21. The van der Waals surface area contributed by atoms with Crippen LogP contribution in [0.4, 0.5) is 0 Å². The lowest BCUT2D eigenvalue weighted by atomic mass is 10.2. The Morgan fingerprint density at radius 2 is 2.38 bits per heavy atom. The molecule has 7 heteroatoms. The number of furan rings is 1. The van der Waals surface area contributed by atoms with Gasteiger partial charge in [-0.25, -0.2) is 0 Å². The average Bonchev–Trinajstić information content (AvgIpc) is 3.07. The Balaban J connectivity index is 2.18. The van der Waals surface area contributed by atoms with Crippen molar-refractivity contribution in [3.8, 4) is 6.07 Å². The molecule has 2 rings (SSSR count). The van der Waals surface area contributed by atoms with E-state index in [0.717, 1.165) is 0 Å². The van der Waals surface area contributed by atoms with E-state index in [0.29, 0.717) is 17.3 Å². The van der Waals surface area contributed by atoms with Gasteiger partial charge in [-0.15, -0.1) is 0 Å². The fourth-order valence-corrected chi connectivity index (χ4v) is 3.12. The van der Waals surface area contributed by atoms with E-state index >= 15 is 0 Å². The zero-order valence-corrected chi connectivity index (χ0v) is 12.6. The Kier molecular flexibility index (Phi) is 4.70. The number of hydrogen-bond donors (Lipinski definition) is 1. The fraction of sp³-hybridized carbons (Fsp3) is 0.357. The van der Waals surface area contributed by atoms with E-state index in [2.05, 4.69) is 5.32 Å². The molecule has 110 valence electrons. The molecule has 6 nitrogen and oxygen atoms in total. The zero-order valence-electron chi connectivity index (χ0n) is 11.8. The molecule has 0 aromatic carbocycles. The van der Waals surface area contributed by atoms with Gasteiger partial charge in [0.25, 0.3) is 5.91 Å². The van der Waals surface area contributed by atoms with E-state index in [-0.39, 0.29) is 23.3 Å². The van der Waals surface area contributed by atoms with Gasteiger partial charge in [-0.05, 0) is 26.0 Å². The number of nitrogens with one attached hydrogen (secondary N) is 1. The lowest BCUT2D eigenvalue weighted by molar-refractivity contribution is -0.127. The Labute approximate surface area is 126 Å². The van der Waals surface area contributed by atoms with Crippen molar-refractivity contribution in [2.45, 2.75) is 25.6 Å². The summed E-state index contributed by atoms with van der Waals surface area (Å²) in [5.74, 6) is 0.0161. The first-order valence-corrected chi connectivity index (χ1v) is 7.39. The van der Waals surface area contributed by atoms with Crippen LogP contribution in [0.5, 0.6) is 0 Å². The van der Waals surface area contributed by atoms with Crippen molar-refractivity contribution >= 4 is 23.6 Å². The van der Waals surface area contributed by atoms with E-state index in [1.54, 1.807) is 19.1 Å². The molecule has 2 amide bonds. The van der Waals surface area contributed by atoms with Crippen molar-refractivity contribution in [1.29, 1.82) is 5.26 Å². The van der Waals surface area contributed by atoms with Crippen LogP contribution in [0, 0.1) is 11.3 Å². The first kappa shape index (κ1) is 15.2. The fourth-order valence-electron chi connectivity index (χ4n) is 1.96. The Morgan fingerprint density at radius 1 is 1.62 bits per heavy atom. The molecule has 1 saturated heterocycles. The minimum Gasteiger partial charge on any atom is -0.467 e. The molecule has 1 N–H and O–H groups in total. The predicted octanol–water partition coefficient (Wildman–Crippen LogP) is 1.61. The van der Waals surface area contributed by atoms with Crippen LogP contribution in [0.15, 0.2) is 33.4 Å². The van der Waals surface area contributed by atoms with Crippen molar-refractivity contribution in [1.82, 2.24) is 10.2 Å². The largest absolute Gasteiger partial charge is 0.467 e. The van der Waals surface area contributed by atoms with Crippen LogP contribution in [0.1, 0.15) is 19.6 Å². The van der Waals surface area contributed by atoms with Crippen LogP contribution in [0.25, 0.3) is 0 Å². The Hall–Kier alpha value is -2.20. The highest BCUT2D eigenvalue weighted by Crippen LogP contribution is 2.36. The highest BCUT2D eigenvalue weighted by molar-refractivity contribution is 8.04. The molecule has 1 aromatic rings. The molecule has 0 aliphatic carbocycles. The number of thioether (sulfide) groups is 1. The van der Waals surface area contributed by atoms with Gasteiger partial charge in [0.05, 0.1) is 18.1 Å². The lowest BCUT2D eigenvalue weighted by Gasteiger charge is -2.15. The summed E-state index contributed by atoms with van der Waals surface area (Å²) in [6.07, 6.45) is 1.51. The van der Waals surface area contributed by atoms with Gasteiger partial charge in [-0.2, -0.15) is 5.26 Å². The van der Waals surface area contributed by atoms with Gasteiger partial charge in [0, 0.05) is 6.54 Å². The Bertz CT molecular complexity index is 616. The van der Waals surface area contributed by atoms with E-state index in [1.807, 2.05) is 13.0 Å². The molecule has 1 atom stereocenters. The van der Waals surface area contributed by atoms with Gasteiger partial charge in [0.2, 0.25) is 5.91 Å². The zero-order chi connectivity index (χ0) is 15.4. The predicted molar refractivity (Wildman–Crippen MR) is 77.6 cm³/mol. The van der Waals surface area contributed by atoms with Crippen molar-refractivity contribution < 1.29 is 14.0 Å². The molecule has 1 unspecified atom stereocenters. The number of carbonyl (C=O) groups is 2. The van der Waals surface area contributed by atoms with E-state index in [1.165, 1.54) is 22.9 Å². The summed E-state index contributed by atoms with van der Waals surface area (Å²) < 4.78 is 5.12. The van der Waals surface area contributed by atoms with Crippen molar-refractivity contribution in [3.05, 3.63) is 34.8 Å². The molecule has 2 heterocycles. The van der Waals surface area contributed by atoms with E-state index in [9.17, 15) is 14.9 Å². The number of rotatable bonds is 4. The van der Waals surface area contributed by atoms with Crippen molar-refractivity contribution in [3.63, 3.8) is 0 Å². The number of hydrogen-bond acceptors (Lipinski definition) is 5. The maximum Gasteiger partial charge on any atom is 0.265 e. The molecule has 1 fully saturated rings. The summed E-state index contributed by atoms with van der Waals surface area (Å²) in [4.78, 5) is 25.6. The third kappa shape index (κ3) is 3.11. The van der Waals surface area contributed by atoms with Gasteiger partial charge in [-0.1, -0.05) is 11.8 Å². The maximum absolute atomic E-state index is 12.1. The molecular formula is C14H15N3O3S. The second kappa shape index (κ2) is 6.50. The van der Waals surface area contributed by atoms with Crippen molar-refractivity contribution in [2.75, 3.05) is 6.54 Å². The van der Waals surface area contributed by atoms with E-state index in [4.69, 9.17) is 4.42 Å². The average molecular weight is 305 g/mol. The number of amides is 2. The SMILES string of the molecule is CCN1C(=O)C(C)S/C1=C(\C#N)C(=O)NCc1ccco1. The number of nitriles is 1. The van der Waals surface area contributed by atoms with Crippen molar-refractivity contribution in [2.24, 2.45) is 0 Å². The van der Waals surface area contributed by atoms with Crippen LogP contribution in [0.3, 0.4) is 0 Å². The van der Waals surface area contributed by atoms with Crippen LogP contribution < -0.4 is 5.32 Å². The van der Waals surface area contributed by atoms with Crippen LogP contribution in [0.2, 0.25) is 0 Å². The molecular weight excluding hydrogens is 290 g/mol. The summed E-state index contributed by atoms with van der Waals surface area (Å²) >= 11 is 1.24. The van der Waals surface area contributed by atoms with Crippen LogP contribution >= 0.6 is 11.8 Å². The quantitative estimate of drug-likeness (QED) is 0.674. The normalized spacial score (nSPS) is 20.3. The topological polar surface area (TPSA) is 86.3 Å². The number of carbonyl (C=O) groups excluding carboxylic acids is 2. The van der Waals surface area contributed by atoms with Gasteiger partial charge in [-0.3, -0.25) is 9.59 Å². The summed E-state index contributed by atoms with van der Waals surface area (Å²) in [6, 6.07) is 5.35. The van der Waals surface area contributed by atoms with Crippen LogP contribution in [-0.2, 0) is 16.1 Å². The first-order valence-electron chi connectivity index (χ1n) is 6.51. The first-order chi connectivity index (χ1) is 10.1. The molecule has 0 bridgehead atoms. The highest BCUT2D eigenvalue weighted by Gasteiger charge is 2.36. The molecule has 0 spiro atoms. The smallest absolute Gasteiger partial charge is 0.265 e. The summed E-state index contributed by atoms with van der Waals surface area (Å²) in [5.41, 5.74) is -0.0360. The highest BCUT2D eigenvalue weighted by atomic mass is 32.2. The summed E-state index contributed by atoms with van der Waals surface area (Å²) in [5, 5.41) is 12.0. The monoisotopic (exact) mass is 305 g/mol. The van der Waals surface area contributed by atoms with Gasteiger partial charge in [0.1, 0.15) is 22.4 Å². The van der Waals surface area contributed by atoms with Gasteiger partial charge >= 0.3 is 0 Å². The van der Waals surface area contributed by atoms with E-state index < -0.39 is 5.91 Å². The van der Waals surface area contributed by atoms with Gasteiger partial charge < -0.3 is 14.6 Å². The minimum absolute atomic E-state index is 0.0360. The molecule has 0 saturated carbocycles. The second-order valence-electron chi connectivity index (χ2n) is 4.40. The summed E-state index contributed by atoms with van der Waals surface area (Å²) in [7, 11) is 0. The minimum atomic E-state index is -0.503. The molecule has 1 aliphatic heterocycles. The third-order valence-corrected chi connectivity index (χ3v) is 4.22. The molecule has 21 heavy (non-hydrogen) atoms. The number of nitrogens with zero attached hydrogens (tertiary/aromatic N) is 2. The standard InChI is InChI=1S/C14H15N3O3S/c1-3-17-13(19)9(2)21-14(17)11(7-15)12(18)16-8-10-5-4-6-20-10/h4-6,9H,3,8H2,1-2H3,(H,16,18)/b14-11+. The lowest BCUT2D eigenvalue weighted by Crippen LogP contribution is -2.30. The molecule has 1 aromatic heterocycles. The van der Waals surface area contributed by atoms with Gasteiger partial charge in [0.15, 0.2) is 0 Å². The third-order valence-electron chi connectivity index (χ3n) is 3.02. The second-order valence-corrected chi connectivity index (χ2v) is 5.73. The molecule has 0 radical (unpaired) electrons. The maximum atomic E-state index is 12.1. The molecule has 1 aliphatic rings.